The first kappa shape index (κ1) is 13.4. The highest BCUT2D eigenvalue weighted by Gasteiger charge is 2.37. The quantitative estimate of drug-likeness (QED) is 0.925. The van der Waals surface area contributed by atoms with Crippen LogP contribution in [0.2, 0.25) is 0 Å². The van der Waals surface area contributed by atoms with E-state index >= 15 is 0 Å². The van der Waals surface area contributed by atoms with Crippen molar-refractivity contribution in [1.82, 2.24) is 0 Å². The molecule has 0 heterocycles. The highest BCUT2D eigenvalue weighted by molar-refractivity contribution is 5.96. The van der Waals surface area contributed by atoms with E-state index in [9.17, 15) is 4.79 Å². The molecule has 3 heteroatoms. The van der Waals surface area contributed by atoms with Gasteiger partial charge in [0.05, 0.1) is 17.6 Å². The summed E-state index contributed by atoms with van der Waals surface area (Å²) in [5.41, 5.74) is 2.30. The van der Waals surface area contributed by atoms with Crippen molar-refractivity contribution in [1.29, 1.82) is 5.26 Å². The standard InChI is InChI=1S/C18H16N2O/c19-12-13-5-4-8-16(11-13)20-18(21)17(15-9-10-15)14-6-2-1-3-7-14/h1-8,11,15,17H,9-10H2,(H,20,21). The summed E-state index contributed by atoms with van der Waals surface area (Å²) < 4.78 is 0. The van der Waals surface area contributed by atoms with Crippen LogP contribution in [0.15, 0.2) is 54.6 Å². The van der Waals surface area contributed by atoms with Crippen molar-refractivity contribution in [3.63, 3.8) is 0 Å². The van der Waals surface area contributed by atoms with Gasteiger partial charge in [0.2, 0.25) is 5.91 Å². The topological polar surface area (TPSA) is 52.9 Å². The molecular formula is C18H16N2O. The van der Waals surface area contributed by atoms with Crippen molar-refractivity contribution in [2.45, 2.75) is 18.8 Å². The van der Waals surface area contributed by atoms with Crippen LogP contribution in [-0.4, -0.2) is 5.91 Å². The summed E-state index contributed by atoms with van der Waals surface area (Å²) in [6.45, 7) is 0. The molecule has 0 bridgehead atoms. The van der Waals surface area contributed by atoms with Gasteiger partial charge in [0.1, 0.15) is 0 Å². The van der Waals surface area contributed by atoms with Gasteiger partial charge in [0, 0.05) is 5.69 Å². The predicted molar refractivity (Wildman–Crippen MR) is 81.7 cm³/mol. The second-order valence-corrected chi connectivity index (χ2v) is 5.41. The lowest BCUT2D eigenvalue weighted by Gasteiger charge is -2.16. The van der Waals surface area contributed by atoms with Crippen molar-refractivity contribution in [3.8, 4) is 6.07 Å². The van der Waals surface area contributed by atoms with Gasteiger partial charge in [-0.1, -0.05) is 36.4 Å². The molecule has 21 heavy (non-hydrogen) atoms. The Kier molecular flexibility index (Phi) is 3.70. The summed E-state index contributed by atoms with van der Waals surface area (Å²) >= 11 is 0. The van der Waals surface area contributed by atoms with Crippen LogP contribution in [0.3, 0.4) is 0 Å². The molecule has 104 valence electrons. The Labute approximate surface area is 124 Å². The molecule has 0 radical (unpaired) electrons. The molecule has 0 saturated heterocycles. The lowest BCUT2D eigenvalue weighted by atomic mass is 9.93. The first-order valence-electron chi connectivity index (χ1n) is 7.14. The van der Waals surface area contributed by atoms with Crippen LogP contribution < -0.4 is 5.32 Å². The summed E-state index contributed by atoms with van der Waals surface area (Å²) in [4.78, 5) is 12.6. The molecule has 1 N–H and O–H groups in total. The molecule has 2 aromatic rings. The van der Waals surface area contributed by atoms with Gasteiger partial charge < -0.3 is 5.32 Å². The second-order valence-electron chi connectivity index (χ2n) is 5.41. The van der Waals surface area contributed by atoms with Crippen LogP contribution in [0.25, 0.3) is 0 Å². The summed E-state index contributed by atoms with van der Waals surface area (Å²) in [6, 6.07) is 19.0. The van der Waals surface area contributed by atoms with E-state index in [-0.39, 0.29) is 11.8 Å². The van der Waals surface area contributed by atoms with Gasteiger partial charge in [-0.2, -0.15) is 5.26 Å². The molecule has 1 fully saturated rings. The zero-order valence-electron chi connectivity index (χ0n) is 11.6. The molecule has 3 nitrogen and oxygen atoms in total. The maximum absolute atomic E-state index is 12.6. The SMILES string of the molecule is N#Cc1cccc(NC(=O)C(c2ccccc2)C2CC2)c1. The Morgan fingerprint density at radius 1 is 1.14 bits per heavy atom. The third-order valence-electron chi connectivity index (χ3n) is 3.79. The fourth-order valence-electron chi connectivity index (χ4n) is 2.61. The smallest absolute Gasteiger partial charge is 0.232 e. The minimum Gasteiger partial charge on any atom is -0.326 e. The van der Waals surface area contributed by atoms with Crippen LogP contribution in [-0.2, 0) is 4.79 Å². The van der Waals surface area contributed by atoms with Crippen molar-refractivity contribution in [3.05, 3.63) is 65.7 Å². The van der Waals surface area contributed by atoms with Crippen LogP contribution >= 0.6 is 0 Å². The van der Waals surface area contributed by atoms with Crippen LogP contribution in [0.5, 0.6) is 0 Å². The summed E-state index contributed by atoms with van der Waals surface area (Å²) in [7, 11) is 0. The zero-order valence-corrected chi connectivity index (χ0v) is 11.6. The zero-order chi connectivity index (χ0) is 14.7. The molecule has 1 amide bonds. The molecular weight excluding hydrogens is 260 g/mol. The molecule has 0 aliphatic heterocycles. The van der Waals surface area contributed by atoms with E-state index in [0.717, 1.165) is 18.4 Å². The maximum Gasteiger partial charge on any atom is 0.232 e. The fourth-order valence-corrected chi connectivity index (χ4v) is 2.61. The number of benzene rings is 2. The van der Waals surface area contributed by atoms with Gasteiger partial charge in [0.15, 0.2) is 0 Å². The number of nitrogens with one attached hydrogen (secondary N) is 1. The number of hydrogen-bond donors (Lipinski definition) is 1. The highest BCUT2D eigenvalue weighted by Crippen LogP contribution is 2.43. The van der Waals surface area contributed by atoms with Gasteiger partial charge in [-0.3, -0.25) is 4.79 Å². The molecule has 2 aromatic carbocycles. The van der Waals surface area contributed by atoms with E-state index in [1.165, 1.54) is 0 Å². The van der Waals surface area contributed by atoms with Gasteiger partial charge in [-0.25, -0.2) is 0 Å². The third kappa shape index (κ3) is 3.11. The Balaban J connectivity index is 1.80. The number of nitriles is 1. The minimum absolute atomic E-state index is 0.0128. The average Bonchev–Trinajstić information content (AvgIpc) is 3.33. The van der Waals surface area contributed by atoms with Gasteiger partial charge >= 0.3 is 0 Å². The molecule has 1 aliphatic carbocycles. The van der Waals surface area contributed by atoms with Crippen molar-refractivity contribution in [2.24, 2.45) is 5.92 Å². The molecule has 1 saturated carbocycles. The molecule has 1 unspecified atom stereocenters. The number of rotatable bonds is 4. The van der Waals surface area contributed by atoms with Crippen molar-refractivity contribution >= 4 is 11.6 Å². The fraction of sp³-hybridized carbons (Fsp3) is 0.222. The average molecular weight is 276 g/mol. The first-order chi connectivity index (χ1) is 10.3. The molecule has 3 rings (SSSR count). The number of nitrogens with zero attached hydrogens (tertiary/aromatic N) is 1. The normalized spacial score (nSPS) is 15.0. The van der Waals surface area contributed by atoms with E-state index in [2.05, 4.69) is 11.4 Å². The molecule has 1 atom stereocenters. The highest BCUT2D eigenvalue weighted by atomic mass is 16.1. The van der Waals surface area contributed by atoms with E-state index in [1.54, 1.807) is 18.2 Å². The summed E-state index contributed by atoms with van der Waals surface area (Å²) in [5.74, 6) is 0.349. The summed E-state index contributed by atoms with van der Waals surface area (Å²) in [5, 5.41) is 11.9. The van der Waals surface area contributed by atoms with Crippen molar-refractivity contribution < 1.29 is 4.79 Å². The van der Waals surface area contributed by atoms with E-state index in [4.69, 9.17) is 5.26 Å². The van der Waals surface area contributed by atoms with Crippen LogP contribution in [0.1, 0.15) is 29.9 Å². The number of hydrogen-bond acceptors (Lipinski definition) is 2. The lowest BCUT2D eigenvalue weighted by molar-refractivity contribution is -0.118. The predicted octanol–water partition coefficient (Wildman–Crippen LogP) is 3.69. The van der Waals surface area contributed by atoms with Crippen LogP contribution in [0.4, 0.5) is 5.69 Å². The second kappa shape index (κ2) is 5.80. The third-order valence-corrected chi connectivity index (χ3v) is 3.79. The van der Waals surface area contributed by atoms with Gasteiger partial charge in [-0.05, 0) is 42.5 Å². The Morgan fingerprint density at radius 3 is 2.57 bits per heavy atom. The number of anilines is 1. The lowest BCUT2D eigenvalue weighted by Crippen LogP contribution is -2.22. The largest absolute Gasteiger partial charge is 0.326 e. The molecule has 0 aromatic heterocycles. The van der Waals surface area contributed by atoms with Gasteiger partial charge in [0.25, 0.3) is 0 Å². The summed E-state index contributed by atoms with van der Waals surface area (Å²) in [6.07, 6.45) is 2.20. The minimum atomic E-state index is -0.100. The number of amides is 1. The number of carbonyl (C=O) groups excluding carboxylic acids is 1. The maximum atomic E-state index is 12.6. The monoisotopic (exact) mass is 276 g/mol. The van der Waals surface area contributed by atoms with E-state index in [0.29, 0.717) is 17.2 Å². The Bertz CT molecular complexity index is 684. The van der Waals surface area contributed by atoms with E-state index in [1.807, 2.05) is 36.4 Å². The molecule has 0 spiro atoms. The van der Waals surface area contributed by atoms with Crippen molar-refractivity contribution in [2.75, 3.05) is 5.32 Å². The Morgan fingerprint density at radius 2 is 1.90 bits per heavy atom. The number of carbonyl (C=O) groups is 1. The van der Waals surface area contributed by atoms with Crippen LogP contribution in [0, 0.1) is 17.2 Å². The molecule has 1 aliphatic rings. The Hall–Kier alpha value is -2.60. The van der Waals surface area contributed by atoms with E-state index < -0.39 is 0 Å². The van der Waals surface area contributed by atoms with Gasteiger partial charge in [-0.15, -0.1) is 0 Å². The first-order valence-corrected chi connectivity index (χ1v) is 7.14.